The van der Waals surface area contributed by atoms with Gasteiger partial charge in [-0.15, -0.1) is 0 Å². The number of anilines is 3. The van der Waals surface area contributed by atoms with E-state index < -0.39 is 6.03 Å². The van der Waals surface area contributed by atoms with Crippen LogP contribution in [0.5, 0.6) is 17.2 Å². The molecule has 25 heavy (non-hydrogen) atoms. The minimum atomic E-state index is -0.449. The topological polar surface area (TPSA) is 97.8 Å². The Labute approximate surface area is 145 Å². The standard InChI is InChI=1S/C16H21N5O4/c1-21(2)15-17-8-11(9-18-15)20-16(22)19-10-6-12(23-3)14(25-5)13(7-10)24-4/h6-9H,1-5H3,(H2,19,20,22). The van der Waals surface area contributed by atoms with Crippen LogP contribution in [-0.4, -0.2) is 51.4 Å². The van der Waals surface area contributed by atoms with Gasteiger partial charge in [0.15, 0.2) is 11.5 Å². The van der Waals surface area contributed by atoms with Crippen LogP contribution in [0.4, 0.5) is 22.1 Å². The summed E-state index contributed by atoms with van der Waals surface area (Å²) in [4.78, 5) is 22.2. The van der Waals surface area contributed by atoms with Gasteiger partial charge in [-0.1, -0.05) is 0 Å². The molecule has 2 aromatic rings. The molecular weight excluding hydrogens is 326 g/mol. The van der Waals surface area contributed by atoms with E-state index in [1.807, 2.05) is 14.1 Å². The number of urea groups is 1. The van der Waals surface area contributed by atoms with Crippen LogP contribution in [0.3, 0.4) is 0 Å². The number of nitrogens with zero attached hydrogens (tertiary/aromatic N) is 3. The normalized spacial score (nSPS) is 9.96. The molecule has 0 unspecified atom stereocenters. The second-order valence-electron chi connectivity index (χ2n) is 5.16. The lowest BCUT2D eigenvalue weighted by atomic mass is 10.2. The molecular formula is C16H21N5O4. The lowest BCUT2D eigenvalue weighted by molar-refractivity contribution is 0.262. The first-order chi connectivity index (χ1) is 12.0. The Morgan fingerprint density at radius 3 is 1.88 bits per heavy atom. The third-order valence-corrected chi connectivity index (χ3v) is 3.22. The van der Waals surface area contributed by atoms with Gasteiger partial charge in [0.2, 0.25) is 11.7 Å². The van der Waals surface area contributed by atoms with E-state index in [2.05, 4.69) is 20.6 Å². The van der Waals surface area contributed by atoms with Crippen molar-refractivity contribution < 1.29 is 19.0 Å². The molecule has 2 amide bonds. The van der Waals surface area contributed by atoms with Crippen molar-refractivity contribution in [1.82, 2.24) is 9.97 Å². The molecule has 1 aromatic heterocycles. The quantitative estimate of drug-likeness (QED) is 0.827. The number of hydrogen-bond acceptors (Lipinski definition) is 7. The van der Waals surface area contributed by atoms with Gasteiger partial charge < -0.3 is 29.7 Å². The number of nitrogens with one attached hydrogen (secondary N) is 2. The number of ether oxygens (including phenoxy) is 3. The predicted octanol–water partition coefficient (Wildman–Crippen LogP) is 2.21. The molecule has 2 rings (SSSR count). The summed E-state index contributed by atoms with van der Waals surface area (Å²) in [5, 5.41) is 5.35. The van der Waals surface area contributed by atoms with E-state index in [1.165, 1.54) is 33.7 Å². The molecule has 0 fully saturated rings. The molecule has 0 aliphatic carbocycles. The Bertz CT molecular complexity index is 709. The van der Waals surface area contributed by atoms with E-state index in [-0.39, 0.29) is 0 Å². The zero-order valence-corrected chi connectivity index (χ0v) is 14.8. The van der Waals surface area contributed by atoms with Gasteiger partial charge in [0.05, 0.1) is 45.1 Å². The number of rotatable bonds is 6. The van der Waals surface area contributed by atoms with Gasteiger partial charge in [-0.25, -0.2) is 14.8 Å². The van der Waals surface area contributed by atoms with Crippen LogP contribution in [0.1, 0.15) is 0 Å². The van der Waals surface area contributed by atoms with Crippen LogP contribution in [0.15, 0.2) is 24.5 Å². The lowest BCUT2D eigenvalue weighted by Crippen LogP contribution is -2.20. The molecule has 0 aliphatic heterocycles. The van der Waals surface area contributed by atoms with Gasteiger partial charge in [-0.2, -0.15) is 0 Å². The number of hydrogen-bond donors (Lipinski definition) is 2. The van der Waals surface area contributed by atoms with Crippen LogP contribution in [0.25, 0.3) is 0 Å². The molecule has 9 heteroatoms. The van der Waals surface area contributed by atoms with Crippen molar-refractivity contribution in [2.75, 3.05) is 51.0 Å². The Kier molecular flexibility index (Phi) is 5.83. The number of methoxy groups -OCH3 is 3. The zero-order valence-electron chi connectivity index (χ0n) is 14.8. The Morgan fingerprint density at radius 1 is 0.920 bits per heavy atom. The molecule has 0 saturated carbocycles. The van der Waals surface area contributed by atoms with E-state index in [9.17, 15) is 4.79 Å². The van der Waals surface area contributed by atoms with E-state index in [1.54, 1.807) is 17.0 Å². The van der Waals surface area contributed by atoms with Crippen molar-refractivity contribution in [1.29, 1.82) is 0 Å². The maximum Gasteiger partial charge on any atom is 0.323 e. The molecule has 0 spiro atoms. The van der Waals surface area contributed by atoms with Crippen molar-refractivity contribution in [3.8, 4) is 17.2 Å². The van der Waals surface area contributed by atoms with Crippen molar-refractivity contribution >= 4 is 23.4 Å². The fraction of sp³-hybridized carbons (Fsp3) is 0.312. The summed E-state index contributed by atoms with van der Waals surface area (Å²) in [6.45, 7) is 0. The van der Waals surface area contributed by atoms with Gasteiger partial charge in [0.25, 0.3) is 0 Å². The second-order valence-corrected chi connectivity index (χ2v) is 5.16. The van der Waals surface area contributed by atoms with Crippen molar-refractivity contribution in [2.24, 2.45) is 0 Å². The number of aromatic nitrogens is 2. The van der Waals surface area contributed by atoms with Gasteiger partial charge in [-0.3, -0.25) is 0 Å². The Morgan fingerprint density at radius 2 is 1.44 bits per heavy atom. The number of carbonyl (C=O) groups excluding carboxylic acids is 1. The van der Waals surface area contributed by atoms with Crippen LogP contribution in [-0.2, 0) is 0 Å². The zero-order chi connectivity index (χ0) is 18.4. The van der Waals surface area contributed by atoms with Crippen LogP contribution in [0.2, 0.25) is 0 Å². The van der Waals surface area contributed by atoms with Gasteiger partial charge in [0.1, 0.15) is 0 Å². The summed E-state index contributed by atoms with van der Waals surface area (Å²) in [5.74, 6) is 1.88. The summed E-state index contributed by atoms with van der Waals surface area (Å²) in [6, 6.07) is 2.81. The fourth-order valence-electron chi connectivity index (χ4n) is 2.06. The predicted molar refractivity (Wildman–Crippen MR) is 95.1 cm³/mol. The first-order valence-corrected chi connectivity index (χ1v) is 7.35. The van der Waals surface area contributed by atoms with E-state index in [0.29, 0.717) is 34.6 Å². The summed E-state index contributed by atoms with van der Waals surface area (Å²) >= 11 is 0. The maximum absolute atomic E-state index is 12.2. The minimum Gasteiger partial charge on any atom is -0.493 e. The highest BCUT2D eigenvalue weighted by Gasteiger charge is 2.14. The van der Waals surface area contributed by atoms with Crippen LogP contribution < -0.4 is 29.7 Å². The lowest BCUT2D eigenvalue weighted by Gasteiger charge is -2.15. The largest absolute Gasteiger partial charge is 0.493 e. The molecule has 0 saturated heterocycles. The molecule has 0 atom stereocenters. The monoisotopic (exact) mass is 347 g/mol. The highest BCUT2D eigenvalue weighted by atomic mass is 16.5. The Hall–Kier alpha value is -3.23. The molecule has 1 heterocycles. The molecule has 134 valence electrons. The molecule has 1 aromatic carbocycles. The molecule has 0 aliphatic rings. The number of carbonyl (C=O) groups is 1. The van der Waals surface area contributed by atoms with Crippen molar-refractivity contribution in [3.63, 3.8) is 0 Å². The number of benzene rings is 1. The number of amides is 2. The second kappa shape index (κ2) is 8.04. The van der Waals surface area contributed by atoms with Gasteiger partial charge in [0, 0.05) is 26.2 Å². The van der Waals surface area contributed by atoms with Crippen molar-refractivity contribution in [3.05, 3.63) is 24.5 Å². The van der Waals surface area contributed by atoms with Crippen LogP contribution in [0, 0.1) is 0 Å². The van der Waals surface area contributed by atoms with Gasteiger partial charge in [-0.05, 0) is 0 Å². The smallest absolute Gasteiger partial charge is 0.323 e. The van der Waals surface area contributed by atoms with E-state index in [0.717, 1.165) is 0 Å². The highest BCUT2D eigenvalue weighted by molar-refractivity contribution is 6.00. The van der Waals surface area contributed by atoms with Gasteiger partial charge >= 0.3 is 6.03 Å². The molecule has 9 nitrogen and oxygen atoms in total. The average Bonchev–Trinajstić information content (AvgIpc) is 2.61. The minimum absolute atomic E-state index is 0.441. The Balaban J connectivity index is 2.12. The first kappa shape index (κ1) is 18.1. The molecule has 0 bridgehead atoms. The summed E-state index contributed by atoms with van der Waals surface area (Å²) in [5.41, 5.74) is 0.952. The van der Waals surface area contributed by atoms with Crippen molar-refractivity contribution in [2.45, 2.75) is 0 Å². The third-order valence-electron chi connectivity index (χ3n) is 3.22. The summed E-state index contributed by atoms with van der Waals surface area (Å²) in [6.07, 6.45) is 3.05. The van der Waals surface area contributed by atoms with E-state index in [4.69, 9.17) is 14.2 Å². The average molecular weight is 347 g/mol. The summed E-state index contributed by atoms with van der Waals surface area (Å²) < 4.78 is 15.8. The molecule has 2 N–H and O–H groups in total. The summed E-state index contributed by atoms with van der Waals surface area (Å²) in [7, 11) is 8.19. The third kappa shape index (κ3) is 4.40. The maximum atomic E-state index is 12.2. The fourth-order valence-corrected chi connectivity index (χ4v) is 2.06. The first-order valence-electron chi connectivity index (χ1n) is 7.35. The molecule has 0 radical (unpaired) electrons. The van der Waals surface area contributed by atoms with E-state index >= 15 is 0 Å². The highest BCUT2D eigenvalue weighted by Crippen LogP contribution is 2.39. The SMILES string of the molecule is COc1cc(NC(=O)Nc2cnc(N(C)C)nc2)cc(OC)c1OC. The van der Waals surface area contributed by atoms with Crippen LogP contribution >= 0.6 is 0 Å².